The molecule has 6 rings (SSSR count). The molecule has 25 atom stereocenters. The van der Waals surface area contributed by atoms with Crippen LogP contribution in [0.5, 0.6) is 0 Å². The molecule has 5 saturated heterocycles. The molecule has 5 heterocycles. The van der Waals surface area contributed by atoms with Crippen LogP contribution in [0.4, 0.5) is 0 Å². The van der Waals surface area contributed by atoms with Gasteiger partial charge >= 0.3 is 11.9 Å². The van der Waals surface area contributed by atoms with Gasteiger partial charge in [-0.15, -0.1) is 0 Å². The Bertz CT molecular complexity index is 2340. The van der Waals surface area contributed by atoms with E-state index in [4.69, 9.17) is 56.8 Å². The van der Waals surface area contributed by atoms with E-state index in [1.165, 1.54) is 21.0 Å². The first-order valence-corrected chi connectivity index (χ1v) is 27.3. The number of benzene rings is 1. The number of carbonyl (C=O) groups excluding carboxylic acids is 4. The number of ketones is 2. The Kier molecular flexibility index (Phi) is 22.7. The normalized spacial score (nSPS) is 40.7. The van der Waals surface area contributed by atoms with Crippen molar-refractivity contribution in [3.63, 3.8) is 0 Å². The second-order valence-electron chi connectivity index (χ2n) is 21.4. The zero-order chi connectivity index (χ0) is 57.1. The van der Waals surface area contributed by atoms with Crippen molar-refractivity contribution < 1.29 is 76.0 Å². The zero-order valence-electron chi connectivity index (χ0n) is 46.9. The van der Waals surface area contributed by atoms with E-state index in [0.717, 1.165) is 0 Å². The number of esters is 2. The molecule has 25 heteroatoms. The number of methoxy groups -OCH3 is 1. The van der Waals surface area contributed by atoms with Gasteiger partial charge in [-0.2, -0.15) is 0 Å². The minimum Gasteiger partial charge on any atom is -0.457 e. The van der Waals surface area contributed by atoms with Gasteiger partial charge in [0.2, 0.25) is 0 Å². The van der Waals surface area contributed by atoms with E-state index in [1.807, 2.05) is 48.5 Å². The van der Waals surface area contributed by atoms with Crippen molar-refractivity contribution in [3.05, 3.63) is 67.2 Å². The average molecular weight is 1100 g/mol. The monoisotopic (exact) mass is 1100 g/mol. The van der Waals surface area contributed by atoms with E-state index < -0.39 is 152 Å². The van der Waals surface area contributed by atoms with Crippen LogP contribution in [0.3, 0.4) is 0 Å². The van der Waals surface area contributed by atoms with Crippen LogP contribution in [0.1, 0.15) is 126 Å². The summed E-state index contributed by atoms with van der Waals surface area (Å²) in [7, 11) is 1.47. The topological polar surface area (TPSA) is 325 Å². The SMILES string of the molecule is CCC1O[C@@H](O[C@H]2C(C)O[C@@H](O[C@H]3C(CC)O[C@@H](OC)C(N=[N+]=[N-])[C@H]3C)C(OC(=O)c3ccccc3)[C@H]2C)C(N=[N+]=[N-])[C@@H](C)[C@H]1O[C@@H]1O[C@@H](C(C)=O)[C@H](O[C@@H]2O[C@@H](CC)[C@H](C)[C@H](C)C2N=[N+]=[N-])[C@H](C)C1OC(=O)CCC(C)=O. The molecule has 0 saturated carbocycles. The van der Waals surface area contributed by atoms with E-state index in [1.54, 1.807) is 51.1 Å². The van der Waals surface area contributed by atoms with Crippen LogP contribution in [0, 0.1) is 35.5 Å². The maximum Gasteiger partial charge on any atom is 0.338 e. The van der Waals surface area contributed by atoms with Crippen LogP contribution in [0.25, 0.3) is 31.3 Å². The fourth-order valence-corrected chi connectivity index (χ4v) is 11.5. The van der Waals surface area contributed by atoms with Crippen molar-refractivity contribution in [1.82, 2.24) is 0 Å². The summed E-state index contributed by atoms with van der Waals surface area (Å²) in [6, 6.07) is 5.83. The molecular formula is C53H79N9O16. The molecule has 0 radical (unpaired) electrons. The van der Waals surface area contributed by atoms with Crippen LogP contribution in [-0.4, -0.2) is 147 Å². The summed E-state index contributed by atoms with van der Waals surface area (Å²) in [4.78, 5) is 62.4. The maximum absolute atomic E-state index is 13.9. The lowest BCUT2D eigenvalue weighted by atomic mass is 9.81. The van der Waals surface area contributed by atoms with Gasteiger partial charge in [-0.25, -0.2) is 4.79 Å². The highest BCUT2D eigenvalue weighted by Gasteiger charge is 2.56. The number of nitrogens with zero attached hydrogens (tertiary/aromatic N) is 9. The predicted molar refractivity (Wildman–Crippen MR) is 276 cm³/mol. The molecular weight excluding hydrogens is 1020 g/mol. The average Bonchev–Trinajstić information content (AvgIpc) is 3.48. The molecule has 5 aliphatic heterocycles. The van der Waals surface area contributed by atoms with Crippen LogP contribution in [0.15, 0.2) is 45.7 Å². The Morgan fingerprint density at radius 2 is 0.974 bits per heavy atom. The van der Waals surface area contributed by atoms with Crippen molar-refractivity contribution in [2.45, 2.75) is 232 Å². The van der Waals surface area contributed by atoms with E-state index in [9.17, 15) is 35.8 Å². The lowest BCUT2D eigenvalue weighted by Gasteiger charge is -2.51. The summed E-state index contributed by atoms with van der Waals surface area (Å²) in [5, 5.41) is 12.2. The molecule has 0 aliphatic carbocycles. The molecule has 78 heavy (non-hydrogen) atoms. The molecule has 0 bridgehead atoms. The van der Waals surface area contributed by atoms with Crippen molar-refractivity contribution in [2.24, 2.45) is 50.9 Å². The fourth-order valence-electron chi connectivity index (χ4n) is 11.5. The minimum absolute atomic E-state index is 0.00971. The molecule has 8 unspecified atom stereocenters. The second-order valence-corrected chi connectivity index (χ2v) is 21.4. The first-order chi connectivity index (χ1) is 37.3. The molecule has 1 aromatic carbocycles. The van der Waals surface area contributed by atoms with Gasteiger partial charge in [-0.1, -0.05) is 95.9 Å². The lowest BCUT2D eigenvalue weighted by molar-refractivity contribution is -0.361. The highest BCUT2D eigenvalue weighted by Crippen LogP contribution is 2.43. The van der Waals surface area contributed by atoms with Crippen LogP contribution in [-0.2, 0) is 71.2 Å². The molecule has 0 aromatic heterocycles. The Morgan fingerprint density at radius 1 is 0.513 bits per heavy atom. The number of ether oxygens (including phenoxy) is 12. The van der Waals surface area contributed by atoms with Gasteiger partial charge in [0.15, 0.2) is 49.4 Å². The van der Waals surface area contributed by atoms with Crippen molar-refractivity contribution in [1.29, 1.82) is 0 Å². The molecule has 5 aliphatic rings. The molecule has 0 amide bonds. The molecule has 432 valence electrons. The molecule has 1 aromatic rings. The highest BCUT2D eigenvalue weighted by molar-refractivity contribution is 5.89. The summed E-state index contributed by atoms with van der Waals surface area (Å²) >= 11 is 0. The van der Waals surface area contributed by atoms with Crippen molar-refractivity contribution in [3.8, 4) is 0 Å². The van der Waals surface area contributed by atoms with Gasteiger partial charge in [0.05, 0.1) is 72.8 Å². The van der Waals surface area contributed by atoms with Crippen LogP contribution in [0.2, 0.25) is 0 Å². The zero-order valence-corrected chi connectivity index (χ0v) is 46.9. The summed E-state index contributed by atoms with van der Waals surface area (Å²) in [5.74, 6) is -4.82. The van der Waals surface area contributed by atoms with Gasteiger partial charge < -0.3 is 61.6 Å². The quantitative estimate of drug-likeness (QED) is 0.0452. The molecule has 0 spiro atoms. The maximum atomic E-state index is 13.9. The smallest absolute Gasteiger partial charge is 0.338 e. The largest absolute Gasteiger partial charge is 0.457 e. The number of Topliss-reactive ketones (excluding diaryl/α,β-unsaturated/α-hetero) is 2. The third-order valence-corrected chi connectivity index (χ3v) is 16.3. The lowest BCUT2D eigenvalue weighted by Crippen LogP contribution is -2.64. The van der Waals surface area contributed by atoms with Crippen LogP contribution >= 0.6 is 0 Å². The van der Waals surface area contributed by atoms with Gasteiger partial charge in [0, 0.05) is 40.1 Å². The fraction of sp³-hybridized carbons (Fsp3) is 0.811. The second kappa shape index (κ2) is 28.4. The number of hydrogen-bond donors (Lipinski definition) is 0. The summed E-state index contributed by atoms with van der Waals surface area (Å²) in [6.45, 7) is 21.4. The Morgan fingerprint density at radius 3 is 1.49 bits per heavy atom. The number of rotatable bonds is 22. The Balaban J connectivity index is 1.28. The van der Waals surface area contributed by atoms with E-state index in [0.29, 0.717) is 19.3 Å². The van der Waals surface area contributed by atoms with E-state index in [-0.39, 0.29) is 42.1 Å². The molecule has 0 N–H and O–H groups in total. The predicted octanol–water partition coefficient (Wildman–Crippen LogP) is 9.00. The van der Waals surface area contributed by atoms with Gasteiger partial charge in [0.25, 0.3) is 0 Å². The van der Waals surface area contributed by atoms with Crippen molar-refractivity contribution in [2.75, 3.05) is 7.11 Å². The number of carbonyl (C=O) groups is 4. The number of azide groups is 3. The summed E-state index contributed by atoms with van der Waals surface area (Å²) < 4.78 is 77.5. The van der Waals surface area contributed by atoms with Crippen LogP contribution < -0.4 is 0 Å². The molecule has 5 fully saturated rings. The standard InChI is InChI=1S/C53H79N9O16/c1-14-34-25(5)26(6)38(57-60-54)50(69-34)77-44-30(10)45(72-37(65)23-22-24(4)63)53(78-47(44)31(11)64)76-43-28(8)40(59-62-56)51(71-36(43)16-3)74-41-29(9)46(73-48(66)33-20-18-17-19-21-33)52(68-32(41)12)75-42-27(7)39(58-61-55)49(67-13)70-35(42)15-2/h17-21,25-30,32,34-36,38-47,49-53H,14-16,22-23H2,1-13H3/t25-,26+,27-,28-,29+,30+,32?,34+,35?,36?,38?,39?,40?,41-,42-,43-,44-,45?,46?,47+,49-,50+,51+,52+,53-/m1/s1. The van der Waals surface area contributed by atoms with E-state index >= 15 is 0 Å². The number of hydrogen-bond acceptors (Lipinski definition) is 19. The Labute approximate surface area is 455 Å². The summed E-state index contributed by atoms with van der Waals surface area (Å²) in [6.07, 6.45) is -14.2. The third-order valence-electron chi connectivity index (χ3n) is 16.3. The first-order valence-electron chi connectivity index (χ1n) is 27.3. The van der Waals surface area contributed by atoms with Gasteiger partial charge in [-0.3, -0.25) is 9.59 Å². The highest BCUT2D eigenvalue weighted by atomic mass is 16.8. The van der Waals surface area contributed by atoms with Crippen molar-refractivity contribution >= 4 is 23.5 Å². The van der Waals surface area contributed by atoms with Gasteiger partial charge in [-0.05, 0) is 92.4 Å². The third kappa shape index (κ3) is 14.1. The van der Waals surface area contributed by atoms with E-state index in [2.05, 4.69) is 30.1 Å². The summed E-state index contributed by atoms with van der Waals surface area (Å²) in [5.41, 5.74) is 29.4. The first kappa shape index (κ1) is 62.2. The molecule has 25 nitrogen and oxygen atoms in total. The van der Waals surface area contributed by atoms with Gasteiger partial charge in [0.1, 0.15) is 18.0 Å². The Hall–Kier alpha value is -4.97. The minimum atomic E-state index is -1.43.